The largest absolute Gasteiger partial charge is 0.479 e. The second kappa shape index (κ2) is 5.98. The van der Waals surface area contributed by atoms with E-state index in [1.807, 2.05) is 6.07 Å². The predicted octanol–water partition coefficient (Wildman–Crippen LogP) is 1.68. The van der Waals surface area contributed by atoms with E-state index in [4.69, 9.17) is 5.11 Å². The molecular weight excluding hydrogens is 342 g/mol. The molecule has 4 N–H and O–H groups in total. The summed E-state index contributed by atoms with van der Waals surface area (Å²) < 4.78 is 0.907. The predicted molar refractivity (Wildman–Crippen MR) is 79.2 cm³/mol. The Bertz CT molecular complexity index is 573. The number of carbonyl (C=O) groups excluding carboxylic acids is 1. The van der Waals surface area contributed by atoms with Gasteiger partial charge in [0.1, 0.15) is 5.82 Å². The lowest BCUT2D eigenvalue weighted by atomic mass is 10.1. The Kier molecular flexibility index (Phi) is 4.48. The molecular formula is C13H16BrN3O4. The van der Waals surface area contributed by atoms with Crippen LogP contribution in [0.5, 0.6) is 0 Å². The molecule has 8 heteroatoms. The van der Waals surface area contributed by atoms with Crippen molar-refractivity contribution in [2.45, 2.75) is 31.3 Å². The highest BCUT2D eigenvalue weighted by molar-refractivity contribution is 9.10. The van der Waals surface area contributed by atoms with Crippen molar-refractivity contribution >= 4 is 33.7 Å². The fourth-order valence-electron chi connectivity index (χ4n) is 1.66. The maximum Gasteiger partial charge on any atom is 0.337 e. The molecule has 0 radical (unpaired) electrons. The molecule has 114 valence electrons. The second-order valence-electron chi connectivity index (χ2n) is 5.22. The molecule has 0 bridgehead atoms. The van der Waals surface area contributed by atoms with E-state index < -0.39 is 24.1 Å². The third kappa shape index (κ3) is 4.15. The molecule has 1 heterocycles. The van der Waals surface area contributed by atoms with Gasteiger partial charge in [-0.15, -0.1) is 0 Å². The number of carbonyl (C=O) groups is 2. The minimum Gasteiger partial charge on any atom is -0.479 e. The van der Waals surface area contributed by atoms with Gasteiger partial charge in [-0.2, -0.15) is 0 Å². The van der Waals surface area contributed by atoms with Crippen LogP contribution in [0.25, 0.3) is 0 Å². The molecule has 1 aliphatic rings. The molecule has 1 atom stereocenters. The maximum atomic E-state index is 11.7. The molecule has 1 aromatic heterocycles. The van der Waals surface area contributed by atoms with Crippen LogP contribution in [0.4, 0.5) is 10.6 Å². The van der Waals surface area contributed by atoms with Gasteiger partial charge in [0.25, 0.3) is 0 Å². The van der Waals surface area contributed by atoms with Crippen molar-refractivity contribution in [1.29, 1.82) is 0 Å². The van der Waals surface area contributed by atoms with E-state index in [9.17, 15) is 14.7 Å². The minimum atomic E-state index is -2.01. The van der Waals surface area contributed by atoms with Crippen LogP contribution in [-0.4, -0.2) is 39.3 Å². The van der Waals surface area contributed by atoms with Crippen LogP contribution in [0.2, 0.25) is 0 Å². The number of urea groups is 1. The van der Waals surface area contributed by atoms with Crippen molar-refractivity contribution in [3.8, 4) is 0 Å². The van der Waals surface area contributed by atoms with Crippen LogP contribution in [0.15, 0.2) is 16.6 Å². The second-order valence-corrected chi connectivity index (χ2v) is 6.08. The lowest BCUT2D eigenvalue weighted by Crippen LogP contribution is -2.47. The number of pyridine rings is 1. The number of nitrogens with zero attached hydrogens (tertiary/aromatic N) is 1. The quantitative estimate of drug-likeness (QED) is 0.640. The first-order valence-corrected chi connectivity index (χ1v) is 7.26. The van der Waals surface area contributed by atoms with Crippen LogP contribution in [0.3, 0.4) is 0 Å². The van der Waals surface area contributed by atoms with Crippen molar-refractivity contribution in [2.75, 3.05) is 11.9 Å². The Balaban J connectivity index is 1.94. The molecule has 1 unspecified atom stereocenters. The summed E-state index contributed by atoms with van der Waals surface area (Å²) in [6.45, 7) is 0.707. The monoisotopic (exact) mass is 357 g/mol. The molecule has 0 aromatic carbocycles. The van der Waals surface area contributed by atoms with E-state index in [0.29, 0.717) is 11.7 Å². The fourth-order valence-corrected chi connectivity index (χ4v) is 2.20. The molecule has 1 saturated carbocycles. The zero-order valence-electron chi connectivity index (χ0n) is 11.4. The standard InChI is InChI=1S/C13H16BrN3O4/c1-13(21,11(18)19)6-15-12(20)17-9-5-4-8(14)10(16-9)7-2-3-7/h4-5,7,21H,2-3,6H2,1H3,(H,18,19)(H2,15,16,17,20). The molecule has 0 aliphatic heterocycles. The van der Waals surface area contributed by atoms with Crippen LogP contribution in [0, 0.1) is 0 Å². The first-order chi connectivity index (χ1) is 9.79. The summed E-state index contributed by atoms with van der Waals surface area (Å²) in [5, 5.41) is 23.1. The van der Waals surface area contributed by atoms with Crippen LogP contribution < -0.4 is 10.6 Å². The Labute approximate surface area is 129 Å². The van der Waals surface area contributed by atoms with Gasteiger partial charge in [-0.1, -0.05) is 0 Å². The number of hydrogen-bond acceptors (Lipinski definition) is 4. The number of aliphatic carboxylic acids is 1. The number of amides is 2. The van der Waals surface area contributed by atoms with E-state index >= 15 is 0 Å². The van der Waals surface area contributed by atoms with Gasteiger partial charge in [-0.25, -0.2) is 14.6 Å². The molecule has 7 nitrogen and oxygen atoms in total. The molecule has 21 heavy (non-hydrogen) atoms. The summed E-state index contributed by atoms with van der Waals surface area (Å²) in [5.74, 6) is -0.593. The number of nitrogens with one attached hydrogen (secondary N) is 2. The molecule has 0 saturated heterocycles. The number of aliphatic hydroxyl groups is 1. The number of hydrogen-bond donors (Lipinski definition) is 4. The highest BCUT2D eigenvalue weighted by atomic mass is 79.9. The van der Waals surface area contributed by atoms with E-state index in [-0.39, 0.29) is 0 Å². The lowest BCUT2D eigenvalue weighted by molar-refractivity contribution is -0.155. The molecule has 2 amide bonds. The maximum absolute atomic E-state index is 11.7. The fraction of sp³-hybridized carbons (Fsp3) is 0.462. The average molecular weight is 358 g/mol. The average Bonchev–Trinajstić information content (AvgIpc) is 3.23. The molecule has 0 spiro atoms. The normalized spacial score (nSPS) is 16.9. The number of halogens is 1. The Morgan fingerprint density at radius 1 is 1.48 bits per heavy atom. The SMILES string of the molecule is CC(O)(CNC(=O)Nc1ccc(Br)c(C2CC2)n1)C(=O)O. The third-order valence-electron chi connectivity index (χ3n) is 3.13. The van der Waals surface area contributed by atoms with Gasteiger partial charge in [0.15, 0.2) is 5.60 Å². The van der Waals surface area contributed by atoms with E-state index in [2.05, 4.69) is 31.5 Å². The minimum absolute atomic E-state index is 0.382. The summed E-state index contributed by atoms with van der Waals surface area (Å²) >= 11 is 3.42. The number of carboxylic acids is 1. The van der Waals surface area contributed by atoms with Gasteiger partial charge in [0.05, 0.1) is 12.2 Å². The molecule has 1 aliphatic carbocycles. The van der Waals surface area contributed by atoms with Crippen molar-refractivity contribution in [3.63, 3.8) is 0 Å². The highest BCUT2D eigenvalue weighted by Gasteiger charge is 2.30. The van der Waals surface area contributed by atoms with Crippen molar-refractivity contribution in [1.82, 2.24) is 10.3 Å². The van der Waals surface area contributed by atoms with E-state index in [1.54, 1.807) is 6.07 Å². The number of anilines is 1. The summed E-state index contributed by atoms with van der Waals surface area (Å²) in [6.07, 6.45) is 2.17. The Morgan fingerprint density at radius 3 is 2.71 bits per heavy atom. The summed E-state index contributed by atoms with van der Waals surface area (Å²) in [6, 6.07) is 2.84. The molecule has 2 rings (SSSR count). The summed E-state index contributed by atoms with van der Waals surface area (Å²) in [5.41, 5.74) is -1.10. The van der Waals surface area contributed by atoms with Crippen molar-refractivity contribution in [2.24, 2.45) is 0 Å². The van der Waals surface area contributed by atoms with Gasteiger partial charge < -0.3 is 15.5 Å². The lowest BCUT2D eigenvalue weighted by Gasteiger charge is -2.18. The van der Waals surface area contributed by atoms with Crippen molar-refractivity contribution < 1.29 is 19.8 Å². The number of aromatic nitrogens is 1. The van der Waals surface area contributed by atoms with Gasteiger partial charge in [0.2, 0.25) is 0 Å². The first kappa shape index (κ1) is 15.7. The third-order valence-corrected chi connectivity index (χ3v) is 3.80. The summed E-state index contributed by atoms with van der Waals surface area (Å²) in [4.78, 5) is 26.8. The first-order valence-electron chi connectivity index (χ1n) is 6.46. The zero-order valence-corrected chi connectivity index (χ0v) is 13.0. The van der Waals surface area contributed by atoms with Gasteiger partial charge >= 0.3 is 12.0 Å². The number of carboxylic acid groups (broad SMARTS) is 1. The van der Waals surface area contributed by atoms with Crippen LogP contribution in [0.1, 0.15) is 31.4 Å². The topological polar surface area (TPSA) is 112 Å². The number of rotatable bonds is 5. The highest BCUT2D eigenvalue weighted by Crippen LogP contribution is 2.42. The molecule has 1 aromatic rings. The Morgan fingerprint density at radius 2 is 2.14 bits per heavy atom. The van der Waals surface area contributed by atoms with E-state index in [0.717, 1.165) is 29.9 Å². The zero-order chi connectivity index (χ0) is 15.6. The van der Waals surface area contributed by atoms with Crippen LogP contribution >= 0.6 is 15.9 Å². The van der Waals surface area contributed by atoms with Gasteiger partial charge in [-0.3, -0.25) is 5.32 Å². The molecule has 1 fully saturated rings. The Hall–Kier alpha value is -1.67. The van der Waals surface area contributed by atoms with E-state index in [1.165, 1.54) is 0 Å². The van der Waals surface area contributed by atoms with Gasteiger partial charge in [0, 0.05) is 10.4 Å². The van der Waals surface area contributed by atoms with Gasteiger partial charge in [-0.05, 0) is 47.8 Å². The smallest absolute Gasteiger partial charge is 0.337 e. The van der Waals surface area contributed by atoms with Crippen molar-refractivity contribution in [3.05, 3.63) is 22.3 Å². The summed E-state index contributed by atoms with van der Waals surface area (Å²) in [7, 11) is 0. The van der Waals surface area contributed by atoms with Crippen LogP contribution in [-0.2, 0) is 4.79 Å².